The number of carbonyl (C=O) groups is 1. The van der Waals surface area contributed by atoms with Gasteiger partial charge in [0.2, 0.25) is 0 Å². The van der Waals surface area contributed by atoms with E-state index in [4.69, 9.17) is 0 Å². The number of carbonyl (C=O) groups excluding carboxylic acids is 1. The minimum absolute atomic E-state index is 0.118. The van der Waals surface area contributed by atoms with Crippen LogP contribution in [0.4, 0.5) is 0 Å². The Bertz CT molecular complexity index is 741. The van der Waals surface area contributed by atoms with Crippen molar-refractivity contribution in [3.05, 3.63) is 59.7 Å². The predicted octanol–water partition coefficient (Wildman–Crippen LogP) is 8.12. The van der Waals surface area contributed by atoms with E-state index in [1.807, 2.05) is 0 Å². The van der Waals surface area contributed by atoms with Crippen molar-refractivity contribution in [3.63, 3.8) is 0 Å². The van der Waals surface area contributed by atoms with Crippen molar-refractivity contribution in [1.29, 1.82) is 0 Å². The molecule has 2 aromatic rings. The number of benzene rings is 2. The highest BCUT2D eigenvalue weighted by molar-refractivity contribution is 5.86. The van der Waals surface area contributed by atoms with Gasteiger partial charge in [-0.1, -0.05) is 101 Å². The van der Waals surface area contributed by atoms with Crippen LogP contribution < -0.4 is 0 Å². The van der Waals surface area contributed by atoms with E-state index in [-0.39, 0.29) is 5.92 Å². The van der Waals surface area contributed by atoms with Gasteiger partial charge in [-0.3, -0.25) is 4.79 Å². The lowest BCUT2D eigenvalue weighted by Crippen LogP contribution is -2.23. The molecule has 0 spiro atoms. The van der Waals surface area contributed by atoms with Crippen LogP contribution in [0.3, 0.4) is 0 Å². The summed E-state index contributed by atoms with van der Waals surface area (Å²) in [5, 5.41) is 0. The first-order valence-electron chi connectivity index (χ1n) is 11.9. The molecule has 0 aromatic heterocycles. The monoisotopic (exact) mass is 390 g/mol. The molecule has 156 valence electrons. The highest BCUT2D eigenvalue weighted by Gasteiger charge is 2.29. The van der Waals surface area contributed by atoms with Crippen molar-refractivity contribution in [3.8, 4) is 11.1 Å². The lowest BCUT2D eigenvalue weighted by atomic mass is 9.76. The second-order valence-corrected chi connectivity index (χ2v) is 8.94. The molecular weight excluding hydrogens is 352 g/mol. The number of hydrogen-bond donors (Lipinski definition) is 0. The van der Waals surface area contributed by atoms with Crippen LogP contribution in [0.5, 0.6) is 0 Å². The molecular formula is C28H38O. The van der Waals surface area contributed by atoms with Crippen LogP contribution in [0.1, 0.15) is 95.1 Å². The third kappa shape index (κ3) is 6.29. The smallest absolute Gasteiger partial charge is 0.140 e. The highest BCUT2D eigenvalue weighted by Crippen LogP contribution is 2.35. The number of hydrogen-bond acceptors (Lipinski definition) is 1. The fourth-order valence-corrected chi connectivity index (χ4v) is 4.80. The molecule has 0 N–H and O–H groups in total. The molecule has 1 aliphatic carbocycles. The van der Waals surface area contributed by atoms with E-state index in [1.54, 1.807) is 0 Å². The van der Waals surface area contributed by atoms with Crippen molar-refractivity contribution in [2.75, 3.05) is 0 Å². The van der Waals surface area contributed by atoms with Crippen LogP contribution in [0.25, 0.3) is 11.1 Å². The zero-order valence-corrected chi connectivity index (χ0v) is 18.5. The topological polar surface area (TPSA) is 17.1 Å². The van der Waals surface area contributed by atoms with E-state index in [9.17, 15) is 4.79 Å². The molecule has 3 rings (SSSR count). The molecule has 0 radical (unpaired) electrons. The summed E-state index contributed by atoms with van der Waals surface area (Å²) in [6.45, 7) is 4.48. The number of rotatable bonds is 10. The summed E-state index contributed by atoms with van der Waals surface area (Å²) < 4.78 is 0. The molecule has 2 atom stereocenters. The Morgan fingerprint density at radius 3 is 2.03 bits per heavy atom. The van der Waals surface area contributed by atoms with Gasteiger partial charge in [0.1, 0.15) is 5.78 Å². The maximum absolute atomic E-state index is 12.6. The van der Waals surface area contributed by atoms with Gasteiger partial charge in [0.05, 0.1) is 0 Å². The minimum atomic E-state index is 0.118. The maximum atomic E-state index is 12.6. The van der Waals surface area contributed by atoms with Crippen molar-refractivity contribution in [2.24, 2.45) is 5.92 Å². The molecule has 1 saturated carbocycles. The number of unbranched alkanes of at least 4 members (excludes halogenated alkanes) is 4. The Morgan fingerprint density at radius 2 is 1.41 bits per heavy atom. The van der Waals surface area contributed by atoms with E-state index in [0.29, 0.717) is 11.7 Å². The molecule has 29 heavy (non-hydrogen) atoms. The van der Waals surface area contributed by atoms with Crippen LogP contribution in [0, 0.1) is 5.92 Å². The van der Waals surface area contributed by atoms with Crippen molar-refractivity contribution in [1.82, 2.24) is 0 Å². The van der Waals surface area contributed by atoms with Crippen LogP contribution in [0.2, 0.25) is 0 Å². The second kappa shape index (κ2) is 11.3. The third-order valence-corrected chi connectivity index (χ3v) is 6.61. The van der Waals surface area contributed by atoms with Crippen molar-refractivity contribution >= 4 is 5.78 Å². The fraction of sp³-hybridized carbons (Fsp3) is 0.536. The molecule has 0 heterocycles. The molecule has 0 amide bonds. The lowest BCUT2D eigenvalue weighted by Gasteiger charge is -2.27. The zero-order valence-electron chi connectivity index (χ0n) is 18.5. The summed E-state index contributed by atoms with van der Waals surface area (Å²) in [6, 6.07) is 17.8. The molecule has 0 unspecified atom stereocenters. The molecule has 1 heteroatoms. The quantitative estimate of drug-likeness (QED) is 0.374. The summed E-state index contributed by atoms with van der Waals surface area (Å²) in [6.07, 6.45) is 13.2. The normalized spacial score (nSPS) is 19.4. The average Bonchev–Trinajstić information content (AvgIpc) is 2.75. The van der Waals surface area contributed by atoms with Gasteiger partial charge in [-0.25, -0.2) is 0 Å². The molecule has 1 nitrogen and oxygen atoms in total. The standard InChI is InChI=1S/C28H38O/c1-3-5-6-7-8-10-22-11-14-24(15-12-22)25-16-18-26(19-17-25)27-20-13-23(9-4-2)21-28(27)29/h11-12,14-19,23,27H,3-10,13,20-21H2,1-2H3/t23-,27+/m1/s1. The van der Waals surface area contributed by atoms with E-state index >= 15 is 0 Å². The van der Waals surface area contributed by atoms with Gasteiger partial charge >= 0.3 is 0 Å². The van der Waals surface area contributed by atoms with Gasteiger partial charge in [0, 0.05) is 12.3 Å². The van der Waals surface area contributed by atoms with Crippen molar-refractivity contribution in [2.45, 2.75) is 90.4 Å². The molecule has 2 aromatic carbocycles. The first-order valence-corrected chi connectivity index (χ1v) is 11.9. The second-order valence-electron chi connectivity index (χ2n) is 8.94. The summed E-state index contributed by atoms with van der Waals surface area (Å²) in [5.74, 6) is 1.19. The lowest BCUT2D eigenvalue weighted by molar-refractivity contribution is -0.123. The van der Waals surface area contributed by atoms with Gasteiger partial charge in [-0.05, 0) is 53.9 Å². The van der Waals surface area contributed by atoms with E-state index in [2.05, 4.69) is 62.4 Å². The average molecular weight is 391 g/mol. The summed E-state index contributed by atoms with van der Waals surface area (Å²) in [5.41, 5.74) is 5.16. The van der Waals surface area contributed by atoms with Gasteiger partial charge in [-0.15, -0.1) is 0 Å². The SMILES string of the molecule is CCCCCCCc1ccc(-c2ccc([C@@H]3CC[C@@H](CCC)CC3=O)cc2)cc1. The first-order chi connectivity index (χ1) is 14.2. The molecule has 1 fully saturated rings. The number of aryl methyl sites for hydroxylation is 1. The molecule has 0 aliphatic heterocycles. The van der Waals surface area contributed by atoms with E-state index in [0.717, 1.165) is 12.8 Å². The Balaban J connectivity index is 1.55. The van der Waals surface area contributed by atoms with E-state index < -0.39 is 0 Å². The van der Waals surface area contributed by atoms with Crippen LogP contribution >= 0.6 is 0 Å². The number of ketones is 1. The predicted molar refractivity (Wildman–Crippen MR) is 124 cm³/mol. The molecule has 1 aliphatic rings. The van der Waals surface area contributed by atoms with Gasteiger partial charge in [-0.2, -0.15) is 0 Å². The largest absolute Gasteiger partial charge is 0.299 e. The molecule has 0 bridgehead atoms. The summed E-state index contributed by atoms with van der Waals surface area (Å²) in [7, 11) is 0. The highest BCUT2D eigenvalue weighted by atomic mass is 16.1. The Morgan fingerprint density at radius 1 is 0.759 bits per heavy atom. The van der Waals surface area contributed by atoms with Gasteiger partial charge < -0.3 is 0 Å². The van der Waals surface area contributed by atoms with Crippen LogP contribution in [-0.2, 0) is 11.2 Å². The Labute approximate surface area is 177 Å². The summed E-state index contributed by atoms with van der Waals surface area (Å²) >= 11 is 0. The minimum Gasteiger partial charge on any atom is -0.299 e. The molecule has 0 saturated heterocycles. The maximum Gasteiger partial charge on any atom is 0.140 e. The van der Waals surface area contributed by atoms with Gasteiger partial charge in [0.25, 0.3) is 0 Å². The Hall–Kier alpha value is -1.89. The van der Waals surface area contributed by atoms with E-state index in [1.165, 1.54) is 80.0 Å². The zero-order chi connectivity index (χ0) is 20.5. The number of Topliss-reactive ketones (excluding diaryl/α,β-unsaturated/α-hetero) is 1. The Kier molecular flexibility index (Phi) is 8.52. The summed E-state index contributed by atoms with van der Waals surface area (Å²) in [4.78, 5) is 12.6. The van der Waals surface area contributed by atoms with Crippen molar-refractivity contribution < 1.29 is 4.79 Å². The third-order valence-electron chi connectivity index (χ3n) is 6.61. The fourth-order valence-electron chi connectivity index (χ4n) is 4.80. The first kappa shape index (κ1) is 21.8. The van der Waals surface area contributed by atoms with Gasteiger partial charge in [0.15, 0.2) is 0 Å². The van der Waals surface area contributed by atoms with Crippen LogP contribution in [-0.4, -0.2) is 5.78 Å². The van der Waals surface area contributed by atoms with Crippen LogP contribution in [0.15, 0.2) is 48.5 Å².